The minimum absolute atomic E-state index is 0. The van der Waals surface area contributed by atoms with Gasteiger partial charge in [-0.2, -0.15) is 11.1 Å². The second kappa shape index (κ2) is 13.3. The van der Waals surface area contributed by atoms with Crippen LogP contribution >= 0.6 is 0 Å². The zero-order chi connectivity index (χ0) is 17.7. The maximum atomic E-state index is 3.30. The molecule has 3 rings (SSSR count). The van der Waals surface area contributed by atoms with E-state index in [9.17, 15) is 0 Å². The van der Waals surface area contributed by atoms with Crippen molar-refractivity contribution in [3.63, 3.8) is 0 Å². The molecule has 0 spiro atoms. The monoisotopic (exact) mass is 447 g/mol. The van der Waals surface area contributed by atoms with Crippen molar-refractivity contribution in [1.29, 1.82) is 0 Å². The van der Waals surface area contributed by atoms with Gasteiger partial charge in [0.25, 0.3) is 0 Å². The first-order valence-electron chi connectivity index (χ1n) is 8.89. The molecule has 1 saturated heterocycles. The Morgan fingerprint density at radius 2 is 1.00 bits per heavy atom. The minimum Gasteiger partial charge on any atom is -0.358 e. The van der Waals surface area contributed by atoms with Crippen molar-refractivity contribution in [2.24, 2.45) is 10.8 Å². The van der Waals surface area contributed by atoms with Gasteiger partial charge in [0.05, 0.1) is 0 Å². The van der Waals surface area contributed by atoms with E-state index < -0.39 is 0 Å². The Morgan fingerprint density at radius 1 is 0.731 bits per heavy atom. The SMILES string of the molecule is C1C[SiH]1.CC1=[C-]CC(C(C)(C)C)=C1.CC1=[C-]CC(C(C)(C)C)=C1.[CH3-].[CH3-].[Zr+4]. The van der Waals surface area contributed by atoms with Gasteiger partial charge in [-0.3, -0.25) is 12.2 Å². The predicted octanol–water partition coefficient (Wildman–Crippen LogP) is 7.40. The minimum atomic E-state index is 0. The number of hydrogen-bond acceptors (Lipinski definition) is 0. The Balaban J connectivity index is -0.000000317. The molecule has 0 aromatic rings. The van der Waals surface area contributed by atoms with Gasteiger partial charge in [-0.05, 0) is 10.8 Å². The molecule has 0 aromatic heterocycles. The molecular weight excluding hydrogens is 408 g/mol. The van der Waals surface area contributed by atoms with E-state index in [2.05, 4.69) is 79.7 Å². The van der Waals surface area contributed by atoms with Crippen LogP contribution in [0.3, 0.4) is 0 Å². The molecule has 1 radical (unpaired) electrons. The van der Waals surface area contributed by atoms with Gasteiger partial charge in [-0.15, -0.1) is 12.8 Å². The fraction of sp³-hybridized carbons (Fsp3) is 0.583. The van der Waals surface area contributed by atoms with Crippen LogP contribution in [0.15, 0.2) is 34.4 Å². The molecule has 0 amide bonds. The molecule has 145 valence electrons. The summed E-state index contributed by atoms with van der Waals surface area (Å²) in [7, 11) is 1.000. The van der Waals surface area contributed by atoms with E-state index in [0.717, 1.165) is 22.4 Å². The molecule has 26 heavy (non-hydrogen) atoms. The molecule has 0 nitrogen and oxygen atoms in total. The predicted molar refractivity (Wildman–Crippen MR) is 119 cm³/mol. The largest absolute Gasteiger partial charge is 4.00 e. The van der Waals surface area contributed by atoms with Crippen molar-refractivity contribution < 1.29 is 26.2 Å². The van der Waals surface area contributed by atoms with Gasteiger partial charge in [0.15, 0.2) is 0 Å². The first kappa shape index (κ1) is 30.8. The van der Waals surface area contributed by atoms with Crippen molar-refractivity contribution in [2.75, 3.05) is 0 Å². The van der Waals surface area contributed by atoms with Crippen molar-refractivity contribution in [3.8, 4) is 0 Å². The van der Waals surface area contributed by atoms with Crippen LogP contribution < -0.4 is 0 Å². The van der Waals surface area contributed by atoms with E-state index in [1.807, 2.05) is 0 Å². The average Bonchev–Trinajstić information content (AvgIpc) is 3.11. The van der Waals surface area contributed by atoms with Crippen molar-refractivity contribution >= 4 is 9.52 Å². The molecule has 2 aliphatic carbocycles. The standard InChI is InChI=1S/2C10H15.C2H5Si.2CH3.Zr/c2*1-8-5-6-9(7-8)10(2,3)4;1-2-3-1;;;/h2*7H,6H2,1-4H3;3H,1-2H2;2*1H3;/q2*-1;;2*-1;+4. The van der Waals surface area contributed by atoms with E-state index in [-0.39, 0.29) is 41.1 Å². The molecule has 0 N–H and O–H groups in total. The zero-order valence-corrected chi connectivity index (χ0v) is 22.7. The van der Waals surface area contributed by atoms with E-state index in [0.29, 0.717) is 10.8 Å². The fourth-order valence-electron chi connectivity index (χ4n) is 2.16. The Kier molecular flexibility index (Phi) is 15.7. The third-order valence-electron chi connectivity index (χ3n) is 4.11. The quantitative estimate of drug-likeness (QED) is 0.267. The summed E-state index contributed by atoms with van der Waals surface area (Å²) < 4.78 is 0. The van der Waals surface area contributed by atoms with E-state index in [1.165, 1.54) is 22.3 Å². The molecule has 1 heterocycles. The summed E-state index contributed by atoms with van der Waals surface area (Å²) >= 11 is 0. The van der Waals surface area contributed by atoms with Crippen LogP contribution in [0.5, 0.6) is 0 Å². The molecule has 0 aromatic carbocycles. The second-order valence-electron chi connectivity index (χ2n) is 8.78. The third kappa shape index (κ3) is 13.3. The third-order valence-corrected chi connectivity index (χ3v) is 4.69. The Morgan fingerprint density at radius 3 is 1.08 bits per heavy atom. The smallest absolute Gasteiger partial charge is 0.358 e. The van der Waals surface area contributed by atoms with Crippen LogP contribution in [0.4, 0.5) is 0 Å². The van der Waals surface area contributed by atoms with Crippen LogP contribution in [0.1, 0.15) is 68.2 Å². The number of hydrogen-bond donors (Lipinski definition) is 0. The molecule has 3 aliphatic rings. The van der Waals surface area contributed by atoms with Gasteiger partial charge in [0.1, 0.15) is 0 Å². The number of rotatable bonds is 0. The van der Waals surface area contributed by atoms with Crippen LogP contribution in [-0.2, 0) is 26.2 Å². The van der Waals surface area contributed by atoms with E-state index >= 15 is 0 Å². The second-order valence-corrected chi connectivity index (χ2v) is 10.5. The average molecular weight is 449 g/mol. The van der Waals surface area contributed by atoms with Crippen LogP contribution in [0.25, 0.3) is 0 Å². The zero-order valence-electron chi connectivity index (χ0n) is 19.1. The molecule has 1 aliphatic heterocycles. The summed E-state index contributed by atoms with van der Waals surface area (Å²) in [5.41, 5.74) is 6.28. The van der Waals surface area contributed by atoms with Crippen molar-refractivity contribution in [1.82, 2.24) is 0 Å². The molecular formula is C24H41SiZr. The van der Waals surface area contributed by atoms with Crippen molar-refractivity contribution in [2.45, 2.75) is 80.3 Å². The summed E-state index contributed by atoms with van der Waals surface area (Å²) in [6.07, 6.45) is 13.2. The summed E-state index contributed by atoms with van der Waals surface area (Å²) in [6, 6.07) is 3.17. The van der Waals surface area contributed by atoms with Gasteiger partial charge in [-0.25, -0.2) is 23.3 Å². The molecule has 1 fully saturated rings. The summed E-state index contributed by atoms with van der Waals surface area (Å²) in [5.74, 6) is 0. The van der Waals surface area contributed by atoms with Crippen molar-refractivity contribution in [3.05, 3.63) is 61.4 Å². The maximum Gasteiger partial charge on any atom is 4.00 e. The number of allylic oxidation sites excluding steroid dienone is 8. The Hall–Kier alpha value is 0.0600. The molecule has 0 unspecified atom stereocenters. The van der Waals surface area contributed by atoms with Gasteiger partial charge in [-0.1, -0.05) is 67.5 Å². The first-order valence-corrected chi connectivity index (χ1v) is 10.5. The van der Waals surface area contributed by atoms with Crippen LogP contribution in [0.2, 0.25) is 12.1 Å². The van der Waals surface area contributed by atoms with Crippen LogP contribution in [0, 0.1) is 37.8 Å². The van der Waals surface area contributed by atoms with Crippen LogP contribution in [-0.4, -0.2) is 9.52 Å². The van der Waals surface area contributed by atoms with Gasteiger partial charge in [0, 0.05) is 9.52 Å². The summed E-state index contributed by atoms with van der Waals surface area (Å²) in [6.45, 7) is 17.7. The van der Waals surface area contributed by atoms with Gasteiger partial charge < -0.3 is 14.9 Å². The molecule has 0 atom stereocenters. The molecule has 2 heteroatoms. The normalized spacial score (nSPS) is 17.2. The van der Waals surface area contributed by atoms with Gasteiger partial charge in [0.2, 0.25) is 0 Å². The Bertz CT molecular complexity index is 469. The topological polar surface area (TPSA) is 0 Å². The fourth-order valence-corrected chi connectivity index (χ4v) is 2.16. The maximum absolute atomic E-state index is 3.30. The summed E-state index contributed by atoms with van der Waals surface area (Å²) in [4.78, 5) is 0. The molecule has 0 saturated carbocycles. The van der Waals surface area contributed by atoms with Gasteiger partial charge >= 0.3 is 26.2 Å². The summed E-state index contributed by atoms with van der Waals surface area (Å²) in [5, 5.41) is 0. The first-order chi connectivity index (χ1) is 10.5. The molecule has 0 bridgehead atoms. The van der Waals surface area contributed by atoms with E-state index in [4.69, 9.17) is 0 Å². The Labute approximate surface area is 187 Å². The van der Waals surface area contributed by atoms with E-state index in [1.54, 1.807) is 12.1 Å².